The summed E-state index contributed by atoms with van der Waals surface area (Å²) in [6.45, 7) is 2.05. The Hall–Kier alpha value is -2.15. The number of hydroxylamine groups is 1. The largest absolute Gasteiger partial charge is 0.322 e. The number of hydrogen-bond donors (Lipinski definition) is 4. The van der Waals surface area contributed by atoms with Crippen molar-refractivity contribution < 1.29 is 5.21 Å². The number of nitrogens with zero attached hydrogens (tertiary/aromatic N) is 1. The molecule has 3 heterocycles. The summed E-state index contributed by atoms with van der Waals surface area (Å²) in [5, 5.41) is 15.4. The monoisotopic (exact) mass is 326 g/mol. The zero-order valence-corrected chi connectivity index (χ0v) is 13.5. The summed E-state index contributed by atoms with van der Waals surface area (Å²) in [5.41, 5.74) is 6.28. The van der Waals surface area contributed by atoms with E-state index in [0.29, 0.717) is 5.92 Å². The fraction of sp³-hybridized carbons (Fsp3) is 0.389. The van der Waals surface area contributed by atoms with Gasteiger partial charge in [0.2, 0.25) is 5.56 Å². The van der Waals surface area contributed by atoms with Crippen LogP contribution in [0.25, 0.3) is 10.9 Å². The topological polar surface area (TPSA) is 80.4 Å². The van der Waals surface area contributed by atoms with E-state index in [4.69, 9.17) is 0 Å². The Labute approximate surface area is 140 Å². The molecule has 1 atom stereocenters. The number of aromatic nitrogens is 1. The lowest BCUT2D eigenvalue weighted by Crippen LogP contribution is -2.38. The average Bonchev–Trinajstić information content (AvgIpc) is 2.95. The van der Waals surface area contributed by atoms with Crippen LogP contribution in [-0.2, 0) is 6.42 Å². The quantitative estimate of drug-likeness (QED) is 0.688. The van der Waals surface area contributed by atoms with Crippen LogP contribution >= 0.6 is 0 Å². The van der Waals surface area contributed by atoms with Crippen molar-refractivity contribution in [2.45, 2.75) is 25.3 Å². The maximum Gasteiger partial charge on any atom is 0.248 e. The smallest absolute Gasteiger partial charge is 0.248 e. The number of H-pyrrole nitrogens is 1. The summed E-state index contributed by atoms with van der Waals surface area (Å²) in [7, 11) is 0. The molecule has 2 aliphatic rings. The zero-order chi connectivity index (χ0) is 16.5. The van der Waals surface area contributed by atoms with E-state index < -0.39 is 0 Å². The SMILES string of the molecule is O=c1ccc2ccc(CC3NN(O)C=C3C3CCNCC3)cc2[nH]1. The molecular formula is C18H22N4O2. The van der Waals surface area contributed by atoms with Gasteiger partial charge in [-0.2, -0.15) is 5.17 Å². The minimum atomic E-state index is -0.0875. The summed E-state index contributed by atoms with van der Waals surface area (Å²) >= 11 is 0. The first-order valence-corrected chi connectivity index (χ1v) is 8.47. The number of fused-ring (bicyclic) bond motifs is 1. The number of nitrogens with one attached hydrogen (secondary N) is 3. The second-order valence-electron chi connectivity index (χ2n) is 6.63. The van der Waals surface area contributed by atoms with E-state index >= 15 is 0 Å². The third kappa shape index (κ3) is 3.08. The number of piperidine rings is 1. The molecule has 6 heteroatoms. The van der Waals surface area contributed by atoms with E-state index in [9.17, 15) is 10.0 Å². The van der Waals surface area contributed by atoms with Crippen LogP contribution in [0.4, 0.5) is 0 Å². The molecule has 24 heavy (non-hydrogen) atoms. The van der Waals surface area contributed by atoms with Crippen molar-refractivity contribution in [1.82, 2.24) is 20.9 Å². The maximum absolute atomic E-state index is 11.5. The molecule has 1 aromatic heterocycles. The number of aromatic amines is 1. The lowest BCUT2D eigenvalue weighted by molar-refractivity contribution is -0.0839. The number of hydrazine groups is 1. The number of rotatable bonds is 3. The predicted molar refractivity (Wildman–Crippen MR) is 92.5 cm³/mol. The van der Waals surface area contributed by atoms with Gasteiger partial charge in [-0.25, -0.2) is 5.43 Å². The van der Waals surface area contributed by atoms with E-state index in [1.54, 1.807) is 6.07 Å². The van der Waals surface area contributed by atoms with Gasteiger partial charge in [0.25, 0.3) is 0 Å². The van der Waals surface area contributed by atoms with Gasteiger partial charge in [0.1, 0.15) is 0 Å². The van der Waals surface area contributed by atoms with Gasteiger partial charge in [-0.1, -0.05) is 12.1 Å². The molecule has 0 bridgehead atoms. The lowest BCUT2D eigenvalue weighted by Gasteiger charge is -2.27. The van der Waals surface area contributed by atoms with E-state index in [1.165, 1.54) is 5.57 Å². The molecule has 4 N–H and O–H groups in total. The first kappa shape index (κ1) is 15.4. The van der Waals surface area contributed by atoms with Gasteiger partial charge in [-0.15, -0.1) is 0 Å². The second kappa shape index (κ2) is 6.39. The molecule has 0 aliphatic carbocycles. The maximum atomic E-state index is 11.5. The third-order valence-electron chi connectivity index (χ3n) is 5.00. The molecule has 126 valence electrons. The molecule has 0 radical (unpaired) electrons. The molecule has 6 nitrogen and oxygen atoms in total. The van der Waals surface area contributed by atoms with Gasteiger partial charge in [-0.05, 0) is 66.9 Å². The molecule has 1 saturated heterocycles. The van der Waals surface area contributed by atoms with Gasteiger partial charge in [0.15, 0.2) is 0 Å². The molecule has 2 aromatic rings. The van der Waals surface area contributed by atoms with Crippen LogP contribution < -0.4 is 16.3 Å². The van der Waals surface area contributed by atoms with Crippen molar-refractivity contribution in [1.29, 1.82) is 0 Å². The molecule has 1 unspecified atom stereocenters. The summed E-state index contributed by atoms with van der Waals surface area (Å²) < 4.78 is 0. The molecule has 0 spiro atoms. The van der Waals surface area contributed by atoms with Gasteiger partial charge in [0, 0.05) is 17.8 Å². The highest BCUT2D eigenvalue weighted by molar-refractivity contribution is 5.78. The summed E-state index contributed by atoms with van der Waals surface area (Å²) in [6.07, 6.45) is 4.80. The number of hydrogen-bond acceptors (Lipinski definition) is 5. The van der Waals surface area contributed by atoms with Crippen molar-refractivity contribution >= 4 is 10.9 Å². The van der Waals surface area contributed by atoms with E-state index in [1.807, 2.05) is 24.4 Å². The molecule has 0 amide bonds. The van der Waals surface area contributed by atoms with Gasteiger partial charge >= 0.3 is 0 Å². The molecule has 1 aromatic carbocycles. The first-order valence-electron chi connectivity index (χ1n) is 8.47. The Morgan fingerprint density at radius 2 is 1.96 bits per heavy atom. The van der Waals surface area contributed by atoms with Crippen molar-refractivity contribution in [3.8, 4) is 0 Å². The molecular weight excluding hydrogens is 304 g/mol. The fourth-order valence-corrected chi connectivity index (χ4v) is 3.77. The third-order valence-corrected chi connectivity index (χ3v) is 5.00. The molecule has 2 aliphatic heterocycles. The van der Waals surface area contributed by atoms with Crippen LogP contribution in [0.15, 0.2) is 46.9 Å². The number of pyridine rings is 1. The first-order chi connectivity index (χ1) is 11.7. The van der Waals surface area contributed by atoms with E-state index in [-0.39, 0.29) is 11.6 Å². The minimum Gasteiger partial charge on any atom is -0.322 e. The predicted octanol–water partition coefficient (Wildman–Crippen LogP) is 1.53. The van der Waals surface area contributed by atoms with Crippen LogP contribution in [0.3, 0.4) is 0 Å². The summed E-state index contributed by atoms with van der Waals surface area (Å²) in [5.74, 6) is 0.501. The Morgan fingerprint density at radius 3 is 2.79 bits per heavy atom. The fourth-order valence-electron chi connectivity index (χ4n) is 3.77. The Balaban J connectivity index is 1.57. The van der Waals surface area contributed by atoms with Crippen molar-refractivity contribution in [2.75, 3.05) is 13.1 Å². The summed E-state index contributed by atoms with van der Waals surface area (Å²) in [4.78, 5) is 14.4. The van der Waals surface area contributed by atoms with E-state index in [2.05, 4.69) is 21.8 Å². The summed E-state index contributed by atoms with van der Waals surface area (Å²) in [6, 6.07) is 9.61. The van der Waals surface area contributed by atoms with Crippen LogP contribution in [0.5, 0.6) is 0 Å². The Morgan fingerprint density at radius 1 is 1.17 bits per heavy atom. The van der Waals surface area contributed by atoms with Gasteiger partial charge in [0.05, 0.1) is 6.04 Å². The van der Waals surface area contributed by atoms with Gasteiger partial charge in [-0.3, -0.25) is 10.0 Å². The van der Waals surface area contributed by atoms with Gasteiger partial charge < -0.3 is 10.3 Å². The average molecular weight is 326 g/mol. The van der Waals surface area contributed by atoms with Crippen molar-refractivity contribution in [3.05, 3.63) is 58.0 Å². The highest BCUT2D eigenvalue weighted by atomic mass is 16.5. The van der Waals surface area contributed by atoms with E-state index in [0.717, 1.165) is 54.0 Å². The van der Waals surface area contributed by atoms with Crippen LogP contribution in [0.2, 0.25) is 0 Å². The van der Waals surface area contributed by atoms with Crippen LogP contribution in [0, 0.1) is 5.92 Å². The van der Waals surface area contributed by atoms with Crippen molar-refractivity contribution in [3.63, 3.8) is 0 Å². The van der Waals surface area contributed by atoms with Crippen LogP contribution in [0.1, 0.15) is 18.4 Å². The molecule has 0 saturated carbocycles. The molecule has 1 fully saturated rings. The zero-order valence-electron chi connectivity index (χ0n) is 13.5. The van der Waals surface area contributed by atoms with Crippen LogP contribution in [-0.4, -0.2) is 34.5 Å². The minimum absolute atomic E-state index is 0.0875. The highest BCUT2D eigenvalue weighted by Gasteiger charge is 2.30. The Kier molecular flexibility index (Phi) is 4.10. The standard InChI is InChI=1S/C18H22N4O2/c23-18-4-3-14-2-1-12(9-16(14)20-18)10-17-15(11-22(24)21-17)13-5-7-19-8-6-13/h1-4,9,11,13,17,19,21,24H,5-8,10H2,(H,20,23). The number of benzene rings is 1. The Bertz CT molecular complexity index is 823. The second-order valence-corrected chi connectivity index (χ2v) is 6.63. The molecule has 4 rings (SSSR count). The lowest BCUT2D eigenvalue weighted by atomic mass is 9.85. The van der Waals surface area contributed by atoms with Crippen molar-refractivity contribution in [2.24, 2.45) is 5.92 Å². The normalized spacial score (nSPS) is 22.1. The highest BCUT2D eigenvalue weighted by Crippen LogP contribution is 2.29.